The molecule has 0 radical (unpaired) electrons. The molecule has 0 atom stereocenters. The van der Waals surface area contributed by atoms with Crippen molar-refractivity contribution >= 4 is 11.6 Å². The van der Waals surface area contributed by atoms with Crippen molar-refractivity contribution in [2.75, 3.05) is 18.6 Å². The highest BCUT2D eigenvalue weighted by Crippen LogP contribution is 2.13. The molecule has 3 nitrogen and oxygen atoms in total. The van der Waals surface area contributed by atoms with Gasteiger partial charge >= 0.3 is 0 Å². The Bertz CT molecular complexity index is 366. The minimum absolute atomic E-state index is 0.00450. The Morgan fingerprint density at radius 3 is 2.75 bits per heavy atom. The number of hydrogen-bond donors (Lipinski definition) is 0. The smallest absolute Gasteiger partial charge is 0.252 e. The summed E-state index contributed by atoms with van der Waals surface area (Å²) >= 11 is 0. The van der Waals surface area contributed by atoms with Gasteiger partial charge in [0.2, 0.25) is 0 Å². The topological polar surface area (TPSA) is 29.5 Å². The lowest BCUT2D eigenvalue weighted by molar-refractivity contribution is -0.124. The number of carbonyl (C=O) groups excluding carboxylic acids is 1. The fourth-order valence-corrected chi connectivity index (χ4v) is 1.16. The quantitative estimate of drug-likeness (QED) is 0.786. The molecule has 0 saturated carbocycles. The van der Waals surface area contributed by atoms with Gasteiger partial charge in [-0.05, 0) is 32.0 Å². The Kier molecular flexibility index (Phi) is 4.43. The van der Waals surface area contributed by atoms with Gasteiger partial charge in [-0.25, -0.2) is 4.39 Å². The van der Waals surface area contributed by atoms with E-state index in [4.69, 9.17) is 4.74 Å². The zero-order valence-corrected chi connectivity index (χ0v) is 9.74. The maximum Gasteiger partial charge on any atom is 0.252 e. The van der Waals surface area contributed by atoms with Gasteiger partial charge in [0, 0.05) is 12.7 Å². The van der Waals surface area contributed by atoms with Gasteiger partial charge in [-0.1, -0.05) is 6.07 Å². The van der Waals surface area contributed by atoms with Crippen LogP contribution in [0.4, 0.5) is 10.1 Å². The number of halogens is 1. The highest BCUT2D eigenvalue weighted by Gasteiger charge is 2.11. The minimum Gasteiger partial charge on any atom is -0.369 e. The third-order valence-electron chi connectivity index (χ3n) is 2.11. The van der Waals surface area contributed by atoms with E-state index in [2.05, 4.69) is 0 Å². The summed E-state index contributed by atoms with van der Waals surface area (Å²) < 4.78 is 18.1. The van der Waals surface area contributed by atoms with Crippen molar-refractivity contribution in [1.82, 2.24) is 0 Å². The summed E-state index contributed by atoms with van der Waals surface area (Å²) in [6.45, 7) is 3.72. The number of benzene rings is 1. The monoisotopic (exact) mass is 225 g/mol. The first-order valence-corrected chi connectivity index (χ1v) is 5.14. The molecule has 0 aliphatic rings. The Labute approximate surface area is 94.8 Å². The molecule has 0 unspecified atom stereocenters. The van der Waals surface area contributed by atoms with Crippen molar-refractivity contribution < 1.29 is 13.9 Å². The lowest BCUT2D eigenvalue weighted by atomic mass is 10.3. The van der Waals surface area contributed by atoms with Crippen LogP contribution in [0.3, 0.4) is 0 Å². The molecule has 0 aliphatic heterocycles. The number of anilines is 1. The van der Waals surface area contributed by atoms with Crippen LogP contribution in [0.1, 0.15) is 13.8 Å². The summed E-state index contributed by atoms with van der Waals surface area (Å²) in [5.74, 6) is -0.554. The van der Waals surface area contributed by atoms with E-state index in [1.54, 1.807) is 19.2 Å². The molecule has 88 valence electrons. The fraction of sp³-hybridized carbons (Fsp3) is 0.417. The SMILES string of the molecule is CC(C)OCC(=O)N(C)c1cccc(F)c1. The van der Waals surface area contributed by atoms with Crippen LogP contribution in [-0.4, -0.2) is 25.7 Å². The molecule has 0 aromatic heterocycles. The largest absolute Gasteiger partial charge is 0.369 e. The van der Waals surface area contributed by atoms with Crippen molar-refractivity contribution in [3.05, 3.63) is 30.1 Å². The highest BCUT2D eigenvalue weighted by molar-refractivity contribution is 5.93. The molecular weight excluding hydrogens is 209 g/mol. The van der Waals surface area contributed by atoms with Gasteiger partial charge in [-0.2, -0.15) is 0 Å². The predicted molar refractivity (Wildman–Crippen MR) is 60.9 cm³/mol. The summed E-state index contributed by atoms with van der Waals surface area (Å²) in [7, 11) is 1.60. The highest BCUT2D eigenvalue weighted by atomic mass is 19.1. The second kappa shape index (κ2) is 5.61. The van der Waals surface area contributed by atoms with Gasteiger partial charge in [0.05, 0.1) is 6.10 Å². The predicted octanol–water partition coefficient (Wildman–Crippen LogP) is 2.21. The van der Waals surface area contributed by atoms with Crippen molar-refractivity contribution in [1.29, 1.82) is 0 Å². The van der Waals surface area contributed by atoms with Crippen LogP contribution in [0, 0.1) is 5.82 Å². The number of amides is 1. The Morgan fingerprint density at radius 2 is 2.19 bits per heavy atom. The van der Waals surface area contributed by atoms with E-state index >= 15 is 0 Å². The molecule has 4 heteroatoms. The fourth-order valence-electron chi connectivity index (χ4n) is 1.16. The lowest BCUT2D eigenvalue weighted by Crippen LogP contribution is -2.31. The van der Waals surface area contributed by atoms with E-state index in [1.165, 1.54) is 17.0 Å². The van der Waals surface area contributed by atoms with E-state index in [0.717, 1.165) is 0 Å². The molecule has 1 rings (SSSR count). The summed E-state index contributed by atoms with van der Waals surface area (Å²) in [6, 6.07) is 5.90. The van der Waals surface area contributed by atoms with Gasteiger partial charge in [0.25, 0.3) is 5.91 Å². The average Bonchev–Trinajstić information content (AvgIpc) is 2.24. The first-order valence-electron chi connectivity index (χ1n) is 5.14. The van der Waals surface area contributed by atoms with Crippen LogP contribution in [0.15, 0.2) is 24.3 Å². The third-order valence-corrected chi connectivity index (χ3v) is 2.11. The first kappa shape index (κ1) is 12.6. The second-order valence-electron chi connectivity index (χ2n) is 3.79. The molecule has 0 fully saturated rings. The molecule has 0 N–H and O–H groups in total. The Morgan fingerprint density at radius 1 is 1.50 bits per heavy atom. The number of ether oxygens (including phenoxy) is 1. The van der Waals surface area contributed by atoms with Crippen molar-refractivity contribution in [3.8, 4) is 0 Å². The summed E-state index contributed by atoms with van der Waals surface area (Å²) in [6.07, 6.45) is 0.00450. The van der Waals surface area contributed by atoms with Crippen molar-refractivity contribution in [3.63, 3.8) is 0 Å². The van der Waals surface area contributed by atoms with Gasteiger partial charge in [0.15, 0.2) is 0 Å². The van der Waals surface area contributed by atoms with Crippen LogP contribution in [0.5, 0.6) is 0 Å². The van der Waals surface area contributed by atoms with Crippen molar-refractivity contribution in [2.45, 2.75) is 20.0 Å². The molecular formula is C12H16FNO2. The number of rotatable bonds is 4. The van der Waals surface area contributed by atoms with Crippen LogP contribution in [0.2, 0.25) is 0 Å². The van der Waals surface area contributed by atoms with Gasteiger partial charge in [-0.15, -0.1) is 0 Å². The summed E-state index contributed by atoms with van der Waals surface area (Å²) in [5.41, 5.74) is 0.525. The first-order chi connectivity index (χ1) is 7.50. The molecule has 0 aliphatic carbocycles. The van der Waals surface area contributed by atoms with Crippen molar-refractivity contribution in [2.24, 2.45) is 0 Å². The molecule has 0 heterocycles. The van der Waals surface area contributed by atoms with E-state index in [1.807, 2.05) is 13.8 Å². The number of carbonyl (C=O) groups is 1. The Hall–Kier alpha value is -1.42. The Balaban J connectivity index is 2.63. The minimum atomic E-state index is -0.359. The third kappa shape index (κ3) is 3.62. The molecule has 1 amide bonds. The van der Waals surface area contributed by atoms with Gasteiger partial charge in [-0.3, -0.25) is 4.79 Å². The van der Waals surface area contributed by atoms with Crippen LogP contribution < -0.4 is 4.90 Å². The summed E-state index contributed by atoms with van der Waals surface area (Å²) in [5, 5.41) is 0. The van der Waals surface area contributed by atoms with E-state index in [9.17, 15) is 9.18 Å². The van der Waals surface area contributed by atoms with Gasteiger partial charge in [0.1, 0.15) is 12.4 Å². The lowest BCUT2D eigenvalue weighted by Gasteiger charge is -2.18. The zero-order chi connectivity index (χ0) is 12.1. The molecule has 0 spiro atoms. The average molecular weight is 225 g/mol. The second-order valence-corrected chi connectivity index (χ2v) is 3.79. The van der Waals surface area contributed by atoms with E-state index in [-0.39, 0.29) is 24.4 Å². The molecule has 0 bridgehead atoms. The van der Waals surface area contributed by atoms with Crippen LogP contribution in [-0.2, 0) is 9.53 Å². The van der Waals surface area contributed by atoms with E-state index in [0.29, 0.717) is 5.69 Å². The standard InChI is InChI=1S/C12H16FNO2/c1-9(2)16-8-12(15)14(3)11-6-4-5-10(13)7-11/h4-7,9H,8H2,1-3H3. The van der Waals surface area contributed by atoms with Crippen LogP contribution in [0.25, 0.3) is 0 Å². The maximum absolute atomic E-state index is 12.9. The van der Waals surface area contributed by atoms with Gasteiger partial charge < -0.3 is 9.64 Å². The normalized spacial score (nSPS) is 10.6. The summed E-state index contributed by atoms with van der Waals surface area (Å²) in [4.78, 5) is 13.0. The molecule has 16 heavy (non-hydrogen) atoms. The number of hydrogen-bond acceptors (Lipinski definition) is 2. The maximum atomic E-state index is 12.9. The molecule has 1 aromatic rings. The molecule has 1 aromatic carbocycles. The zero-order valence-electron chi connectivity index (χ0n) is 9.74. The molecule has 0 saturated heterocycles. The number of likely N-dealkylation sites (N-methyl/N-ethyl adjacent to an activating group) is 1. The van der Waals surface area contributed by atoms with E-state index < -0.39 is 0 Å². The van der Waals surface area contributed by atoms with Crippen LogP contribution >= 0.6 is 0 Å². The number of nitrogens with zero attached hydrogens (tertiary/aromatic N) is 1.